The van der Waals surface area contributed by atoms with Crippen LogP contribution >= 0.6 is 11.6 Å². The number of rotatable bonds is 4. The Morgan fingerprint density at radius 2 is 1.71 bits per heavy atom. The summed E-state index contributed by atoms with van der Waals surface area (Å²) in [6, 6.07) is 7.83. The zero-order valence-corrected chi connectivity index (χ0v) is 14.4. The summed E-state index contributed by atoms with van der Waals surface area (Å²) in [5.41, 5.74) is 2.28. The van der Waals surface area contributed by atoms with Crippen LogP contribution in [0, 0.1) is 13.8 Å². The van der Waals surface area contributed by atoms with Crippen LogP contribution in [0.4, 0.5) is 14.5 Å². The van der Waals surface area contributed by atoms with Crippen LogP contribution in [0.25, 0.3) is 0 Å². The van der Waals surface area contributed by atoms with Crippen LogP contribution < -0.4 is 5.32 Å². The van der Waals surface area contributed by atoms with Crippen LogP contribution in [-0.2, 0) is 9.84 Å². The molecule has 2 aromatic carbocycles. The molecule has 0 saturated heterocycles. The van der Waals surface area contributed by atoms with Crippen LogP contribution in [0.15, 0.2) is 41.3 Å². The molecule has 0 aliphatic heterocycles. The van der Waals surface area contributed by atoms with E-state index in [0.29, 0.717) is 10.7 Å². The van der Waals surface area contributed by atoms with Crippen LogP contribution in [0.3, 0.4) is 0 Å². The van der Waals surface area contributed by atoms with Crippen molar-refractivity contribution in [3.8, 4) is 0 Å². The van der Waals surface area contributed by atoms with Crippen molar-refractivity contribution in [1.82, 2.24) is 0 Å². The first-order chi connectivity index (χ1) is 11.1. The highest BCUT2D eigenvalue weighted by molar-refractivity contribution is 7.91. The lowest BCUT2D eigenvalue weighted by Gasteiger charge is -2.12. The van der Waals surface area contributed by atoms with E-state index in [-0.39, 0.29) is 5.56 Å². The molecule has 2 aromatic rings. The summed E-state index contributed by atoms with van der Waals surface area (Å²) in [5, 5.41) is 3.01. The molecule has 8 heteroatoms. The number of aryl methyl sites for hydroxylation is 2. The van der Waals surface area contributed by atoms with Gasteiger partial charge in [0.05, 0.1) is 15.6 Å². The molecule has 1 N–H and O–H groups in total. The minimum absolute atomic E-state index is 0.124. The van der Waals surface area contributed by atoms with Gasteiger partial charge in [0, 0.05) is 5.56 Å². The Kier molecular flexibility index (Phi) is 5.25. The first-order valence-corrected chi connectivity index (χ1v) is 8.75. The molecule has 0 unspecified atom stereocenters. The average Bonchev–Trinajstić information content (AvgIpc) is 2.50. The second-order valence-corrected chi connectivity index (χ2v) is 7.55. The van der Waals surface area contributed by atoms with E-state index in [4.69, 9.17) is 11.6 Å². The summed E-state index contributed by atoms with van der Waals surface area (Å²) >= 11 is 6.11. The number of carbonyl (C=O) groups is 1. The molecule has 2 rings (SSSR count). The van der Waals surface area contributed by atoms with E-state index in [1.807, 2.05) is 13.0 Å². The Morgan fingerprint density at radius 3 is 2.21 bits per heavy atom. The summed E-state index contributed by atoms with van der Waals surface area (Å²) in [6.07, 6.45) is 0. The highest BCUT2D eigenvalue weighted by Gasteiger charge is 2.26. The maximum Gasteiger partial charge on any atom is 0.341 e. The molecule has 0 fully saturated rings. The van der Waals surface area contributed by atoms with Gasteiger partial charge in [-0.15, -0.1) is 0 Å². The van der Waals surface area contributed by atoms with Gasteiger partial charge in [-0.2, -0.15) is 8.78 Å². The van der Waals surface area contributed by atoms with Gasteiger partial charge >= 0.3 is 5.76 Å². The fraction of sp³-hybridized carbons (Fsp3) is 0.188. The summed E-state index contributed by atoms with van der Waals surface area (Å²) in [4.78, 5) is 11.7. The highest BCUT2D eigenvalue weighted by atomic mass is 35.5. The zero-order valence-electron chi connectivity index (χ0n) is 12.8. The molecule has 4 nitrogen and oxygen atoms in total. The van der Waals surface area contributed by atoms with Gasteiger partial charge in [-0.25, -0.2) is 8.42 Å². The number of carbonyl (C=O) groups excluding carboxylic acids is 1. The van der Waals surface area contributed by atoms with E-state index >= 15 is 0 Å². The first-order valence-electron chi connectivity index (χ1n) is 6.83. The molecule has 0 heterocycles. The van der Waals surface area contributed by atoms with Crippen LogP contribution in [0.2, 0.25) is 5.02 Å². The monoisotopic (exact) mass is 373 g/mol. The number of hydrogen-bond acceptors (Lipinski definition) is 3. The molecular weight excluding hydrogens is 360 g/mol. The van der Waals surface area contributed by atoms with Crippen molar-refractivity contribution >= 4 is 33.0 Å². The lowest BCUT2D eigenvalue weighted by atomic mass is 10.1. The fourth-order valence-corrected chi connectivity index (χ4v) is 3.25. The van der Waals surface area contributed by atoms with Gasteiger partial charge < -0.3 is 5.32 Å². The molecule has 24 heavy (non-hydrogen) atoms. The minimum Gasteiger partial charge on any atom is -0.320 e. The quantitative estimate of drug-likeness (QED) is 0.873. The van der Waals surface area contributed by atoms with E-state index in [9.17, 15) is 22.0 Å². The van der Waals surface area contributed by atoms with Gasteiger partial charge in [-0.05, 0) is 55.3 Å². The topological polar surface area (TPSA) is 63.2 Å². The van der Waals surface area contributed by atoms with Gasteiger partial charge in [0.15, 0.2) is 0 Å². The molecule has 0 bridgehead atoms. The second kappa shape index (κ2) is 6.86. The predicted molar refractivity (Wildman–Crippen MR) is 88.5 cm³/mol. The van der Waals surface area contributed by atoms with Gasteiger partial charge in [0.1, 0.15) is 0 Å². The largest absolute Gasteiger partial charge is 0.341 e. The Morgan fingerprint density at radius 1 is 1.12 bits per heavy atom. The van der Waals surface area contributed by atoms with E-state index in [2.05, 4.69) is 5.32 Å². The lowest BCUT2D eigenvalue weighted by Crippen LogP contribution is -2.15. The van der Waals surface area contributed by atoms with Crippen molar-refractivity contribution in [1.29, 1.82) is 0 Å². The van der Waals surface area contributed by atoms with E-state index in [1.165, 1.54) is 12.1 Å². The number of nitrogens with one attached hydrogen (secondary N) is 1. The van der Waals surface area contributed by atoms with Crippen LogP contribution in [0.1, 0.15) is 21.5 Å². The third-order valence-corrected chi connectivity index (χ3v) is 5.05. The number of amides is 1. The molecular formula is C16H14ClF2NO3S. The van der Waals surface area contributed by atoms with E-state index in [1.54, 1.807) is 13.0 Å². The normalized spacial score (nSPS) is 11.6. The standard InChI is InChI=1S/C16H14ClF2NO3S/c1-9-7-10(2)14(13(17)8-9)20-15(21)11-3-5-12(6-4-11)24(22,23)16(18)19/h3-8,16H,1-2H3,(H,20,21). The third kappa shape index (κ3) is 3.73. The smallest absolute Gasteiger partial charge is 0.320 e. The molecule has 0 aliphatic carbocycles. The number of benzene rings is 2. The van der Waals surface area contributed by atoms with Gasteiger partial charge in [-0.3, -0.25) is 4.79 Å². The number of halogens is 3. The Bertz CT molecular complexity index is 858. The highest BCUT2D eigenvalue weighted by Crippen LogP contribution is 2.28. The maximum atomic E-state index is 12.5. The molecule has 0 aromatic heterocycles. The molecule has 1 amide bonds. The molecule has 0 saturated carbocycles. The fourth-order valence-electron chi connectivity index (χ4n) is 2.16. The Hall–Kier alpha value is -1.99. The molecule has 0 aliphatic rings. The van der Waals surface area contributed by atoms with Crippen molar-refractivity contribution in [2.24, 2.45) is 0 Å². The van der Waals surface area contributed by atoms with Crippen molar-refractivity contribution in [3.05, 3.63) is 58.1 Å². The Labute approximate surface area is 143 Å². The minimum atomic E-state index is -4.68. The van der Waals surface area contributed by atoms with Crippen molar-refractivity contribution in [2.45, 2.75) is 24.5 Å². The van der Waals surface area contributed by atoms with Gasteiger partial charge in [0.2, 0.25) is 9.84 Å². The van der Waals surface area contributed by atoms with E-state index < -0.39 is 26.4 Å². The Balaban J connectivity index is 2.26. The van der Waals surface area contributed by atoms with Gasteiger partial charge in [0.25, 0.3) is 5.91 Å². The number of anilines is 1. The van der Waals surface area contributed by atoms with Crippen LogP contribution in [0.5, 0.6) is 0 Å². The van der Waals surface area contributed by atoms with Crippen molar-refractivity contribution in [2.75, 3.05) is 5.32 Å². The summed E-state index contributed by atoms with van der Waals surface area (Å²) in [6.45, 7) is 3.65. The number of sulfone groups is 1. The maximum absolute atomic E-state index is 12.5. The van der Waals surface area contributed by atoms with E-state index in [0.717, 1.165) is 23.3 Å². The van der Waals surface area contributed by atoms with Crippen molar-refractivity contribution in [3.63, 3.8) is 0 Å². The number of hydrogen-bond donors (Lipinski definition) is 1. The first kappa shape index (κ1) is 18.4. The zero-order chi connectivity index (χ0) is 18.1. The SMILES string of the molecule is Cc1cc(C)c(NC(=O)c2ccc(S(=O)(=O)C(F)F)cc2)c(Cl)c1. The van der Waals surface area contributed by atoms with Crippen molar-refractivity contribution < 1.29 is 22.0 Å². The van der Waals surface area contributed by atoms with Gasteiger partial charge in [-0.1, -0.05) is 17.7 Å². The summed E-state index contributed by atoms with van der Waals surface area (Å²) < 4.78 is 47.7. The molecule has 0 atom stereocenters. The molecule has 0 radical (unpaired) electrons. The average molecular weight is 374 g/mol. The summed E-state index contributed by atoms with van der Waals surface area (Å²) in [5.74, 6) is -4.03. The molecule has 0 spiro atoms. The molecule has 128 valence electrons. The predicted octanol–water partition coefficient (Wildman–Crippen LogP) is 4.21. The lowest BCUT2D eigenvalue weighted by molar-refractivity contribution is 0.102. The van der Waals surface area contributed by atoms with Crippen LogP contribution in [-0.4, -0.2) is 20.1 Å². The number of alkyl halides is 2. The third-order valence-electron chi connectivity index (χ3n) is 3.35. The summed E-state index contributed by atoms with van der Waals surface area (Å²) in [7, 11) is -4.68. The second-order valence-electron chi connectivity index (χ2n) is 5.22.